The molecular weight excluding hydrogens is 385 g/mol. The molecule has 4 aromatic rings. The predicted molar refractivity (Wildman–Crippen MR) is 115 cm³/mol. The number of anilines is 2. The number of thiophene rings is 1. The van der Waals surface area contributed by atoms with Crippen LogP contribution in [0.15, 0.2) is 54.3 Å². The Hall–Kier alpha value is -3.06. The van der Waals surface area contributed by atoms with Gasteiger partial charge >= 0.3 is 0 Å². The number of pyridine rings is 1. The van der Waals surface area contributed by atoms with E-state index >= 15 is 0 Å². The Morgan fingerprint density at radius 2 is 1.76 bits per heavy atom. The van der Waals surface area contributed by atoms with Gasteiger partial charge in [-0.25, -0.2) is 19.3 Å². The monoisotopic (exact) mass is 406 g/mol. The number of nitrogens with one attached hydrogen (secondary N) is 1. The molecule has 4 heterocycles. The van der Waals surface area contributed by atoms with E-state index in [2.05, 4.69) is 49.2 Å². The van der Waals surface area contributed by atoms with E-state index in [0.29, 0.717) is 0 Å². The maximum Gasteiger partial charge on any atom is 0.274 e. The smallest absolute Gasteiger partial charge is 0.274 e. The molecule has 1 aliphatic heterocycles. The molecule has 0 spiro atoms. The minimum absolute atomic E-state index is 0.228. The van der Waals surface area contributed by atoms with Crippen molar-refractivity contribution in [2.24, 2.45) is 0 Å². The maximum atomic E-state index is 13.4. The minimum atomic E-state index is -0.228. The lowest BCUT2D eigenvalue weighted by molar-refractivity contribution is -0.364. The van der Waals surface area contributed by atoms with Crippen molar-refractivity contribution in [1.29, 1.82) is 0 Å². The third kappa shape index (κ3) is 3.42. The first kappa shape index (κ1) is 18.0. The van der Waals surface area contributed by atoms with E-state index in [9.17, 15) is 4.39 Å². The van der Waals surface area contributed by atoms with E-state index < -0.39 is 0 Å². The van der Waals surface area contributed by atoms with Crippen molar-refractivity contribution < 1.29 is 9.37 Å². The molecule has 3 aromatic heterocycles. The predicted octanol–water partition coefficient (Wildman–Crippen LogP) is 3.95. The van der Waals surface area contributed by atoms with Gasteiger partial charge in [0.1, 0.15) is 35.9 Å². The summed E-state index contributed by atoms with van der Waals surface area (Å²) in [5.41, 5.74) is 3.30. The van der Waals surface area contributed by atoms with E-state index in [0.717, 1.165) is 59.2 Å². The second kappa shape index (κ2) is 7.40. The average Bonchev–Trinajstić information content (AvgIpc) is 3.19. The fourth-order valence-electron chi connectivity index (χ4n) is 3.85. The molecule has 5 rings (SSSR count). The van der Waals surface area contributed by atoms with Crippen LogP contribution in [0.25, 0.3) is 21.3 Å². The molecule has 0 amide bonds. The molecule has 29 heavy (non-hydrogen) atoms. The zero-order chi connectivity index (χ0) is 19.8. The fraction of sp³-hybridized carbons (Fsp3) is 0.227. The Labute approximate surface area is 172 Å². The summed E-state index contributed by atoms with van der Waals surface area (Å²) < 4.78 is 13.4. The van der Waals surface area contributed by atoms with E-state index in [1.807, 2.05) is 18.3 Å². The normalized spacial score (nSPS) is 14.6. The Kier molecular flexibility index (Phi) is 4.60. The number of rotatable bonds is 3. The lowest BCUT2D eigenvalue weighted by Gasteiger charge is -2.32. The quantitative estimate of drug-likeness (QED) is 0.517. The van der Waals surface area contributed by atoms with Gasteiger partial charge in [0.05, 0.1) is 24.7 Å². The van der Waals surface area contributed by atoms with Crippen LogP contribution < -0.4 is 14.8 Å². The number of piperazine rings is 1. The maximum absolute atomic E-state index is 13.4. The first-order valence-corrected chi connectivity index (χ1v) is 10.5. The van der Waals surface area contributed by atoms with Gasteiger partial charge in [-0.2, -0.15) is 0 Å². The van der Waals surface area contributed by atoms with Gasteiger partial charge in [-0.1, -0.05) is 12.1 Å². The van der Waals surface area contributed by atoms with Crippen LogP contribution >= 0.6 is 11.3 Å². The van der Waals surface area contributed by atoms with Crippen molar-refractivity contribution in [3.8, 4) is 11.1 Å². The summed E-state index contributed by atoms with van der Waals surface area (Å²) in [7, 11) is 0. The van der Waals surface area contributed by atoms with Gasteiger partial charge in [-0.3, -0.25) is 4.90 Å². The highest BCUT2D eigenvalue weighted by molar-refractivity contribution is 7.17. The van der Waals surface area contributed by atoms with Crippen molar-refractivity contribution in [2.75, 3.05) is 36.0 Å². The van der Waals surface area contributed by atoms with Gasteiger partial charge < -0.3 is 4.90 Å². The standard InChI is InChI=1S/C22H20FN5S/c1-15-6-7-24-19(12-15)27-8-10-28(11-9-27)21-20-18(13-29-22(20)26-14-25-21)16-2-4-17(23)5-3-16/h2-7,12-14H,8-11H2,1H3/p+1. The van der Waals surface area contributed by atoms with E-state index in [-0.39, 0.29) is 5.82 Å². The van der Waals surface area contributed by atoms with Crippen LogP contribution in [-0.4, -0.2) is 36.1 Å². The van der Waals surface area contributed by atoms with Crippen molar-refractivity contribution in [1.82, 2.24) is 9.97 Å². The Morgan fingerprint density at radius 1 is 1.00 bits per heavy atom. The number of H-pyrrole nitrogens is 1. The second-order valence-electron chi connectivity index (χ2n) is 7.26. The van der Waals surface area contributed by atoms with Gasteiger partial charge in [0.2, 0.25) is 0 Å². The average molecular weight is 407 g/mol. The fourth-order valence-corrected chi connectivity index (χ4v) is 4.76. The molecule has 1 aliphatic rings. The molecular formula is C22H21FN5S+. The summed E-state index contributed by atoms with van der Waals surface area (Å²) in [4.78, 5) is 18.1. The lowest BCUT2D eigenvalue weighted by Crippen LogP contribution is -2.48. The summed E-state index contributed by atoms with van der Waals surface area (Å²) in [6, 6.07) is 10.9. The number of aromatic amines is 1. The highest BCUT2D eigenvalue weighted by Gasteiger charge is 2.26. The Balaban J connectivity index is 1.45. The molecule has 1 N–H and O–H groups in total. The summed E-state index contributed by atoms with van der Waals surface area (Å²) in [6.45, 7) is 5.71. The summed E-state index contributed by atoms with van der Waals surface area (Å²) in [5, 5.41) is 3.15. The number of hydrogen-bond donors (Lipinski definition) is 0. The zero-order valence-electron chi connectivity index (χ0n) is 16.1. The number of hydrogen-bond acceptors (Lipinski definition) is 5. The molecule has 0 radical (unpaired) electrons. The molecule has 1 aromatic carbocycles. The molecule has 5 nitrogen and oxygen atoms in total. The van der Waals surface area contributed by atoms with Gasteiger partial charge in [0.15, 0.2) is 0 Å². The van der Waals surface area contributed by atoms with E-state index in [1.165, 1.54) is 17.7 Å². The molecule has 1 fully saturated rings. The minimum Gasteiger partial charge on any atom is -0.348 e. The van der Waals surface area contributed by atoms with Gasteiger partial charge in [-0.05, 0) is 36.2 Å². The molecule has 0 atom stereocenters. The molecule has 0 unspecified atom stereocenters. The molecule has 0 bridgehead atoms. The first-order chi connectivity index (χ1) is 14.2. The number of fused-ring (bicyclic) bond motifs is 1. The molecule has 146 valence electrons. The van der Waals surface area contributed by atoms with Crippen LogP contribution in [0, 0.1) is 12.7 Å². The van der Waals surface area contributed by atoms with Crippen LogP contribution in [0.5, 0.6) is 0 Å². The number of benzene rings is 1. The number of aromatic nitrogens is 3. The van der Waals surface area contributed by atoms with Crippen LogP contribution in [0.1, 0.15) is 5.56 Å². The van der Waals surface area contributed by atoms with Crippen LogP contribution in [-0.2, 0) is 0 Å². The van der Waals surface area contributed by atoms with Gasteiger partial charge in [0, 0.05) is 17.0 Å². The lowest BCUT2D eigenvalue weighted by atomic mass is 10.1. The Morgan fingerprint density at radius 3 is 2.52 bits per heavy atom. The Bertz CT molecular complexity index is 1150. The van der Waals surface area contributed by atoms with E-state index in [4.69, 9.17) is 0 Å². The van der Waals surface area contributed by atoms with Gasteiger partial charge in [0.25, 0.3) is 5.82 Å². The SMILES string of the molecule is Cc1cc[nH+]c(N2CCN(c3ncnc4scc(-c5ccc(F)cc5)c34)CC2)c1. The molecule has 1 saturated heterocycles. The van der Waals surface area contributed by atoms with E-state index in [1.54, 1.807) is 17.7 Å². The highest BCUT2D eigenvalue weighted by Crippen LogP contribution is 2.38. The molecule has 0 aliphatic carbocycles. The van der Waals surface area contributed by atoms with Crippen molar-refractivity contribution in [3.63, 3.8) is 0 Å². The largest absolute Gasteiger partial charge is 0.348 e. The summed E-state index contributed by atoms with van der Waals surface area (Å²) in [5.74, 6) is 1.89. The topological polar surface area (TPSA) is 46.4 Å². The third-order valence-electron chi connectivity index (χ3n) is 5.37. The summed E-state index contributed by atoms with van der Waals surface area (Å²) in [6.07, 6.45) is 3.63. The third-order valence-corrected chi connectivity index (χ3v) is 6.25. The van der Waals surface area contributed by atoms with Crippen LogP contribution in [0.3, 0.4) is 0 Å². The molecule has 0 saturated carbocycles. The first-order valence-electron chi connectivity index (χ1n) is 9.65. The van der Waals surface area contributed by atoms with Crippen molar-refractivity contribution in [3.05, 3.63) is 65.7 Å². The van der Waals surface area contributed by atoms with Crippen molar-refractivity contribution >= 4 is 33.2 Å². The van der Waals surface area contributed by atoms with Crippen LogP contribution in [0.4, 0.5) is 16.0 Å². The molecule has 7 heteroatoms. The van der Waals surface area contributed by atoms with Gasteiger partial charge in [-0.15, -0.1) is 11.3 Å². The number of halogens is 1. The van der Waals surface area contributed by atoms with Crippen LogP contribution in [0.2, 0.25) is 0 Å². The summed E-state index contributed by atoms with van der Waals surface area (Å²) >= 11 is 1.60. The van der Waals surface area contributed by atoms with Crippen molar-refractivity contribution in [2.45, 2.75) is 6.92 Å². The highest BCUT2D eigenvalue weighted by atomic mass is 32.1. The second-order valence-corrected chi connectivity index (χ2v) is 8.12. The zero-order valence-corrected chi connectivity index (χ0v) is 16.9. The number of nitrogens with zero attached hydrogens (tertiary/aromatic N) is 4. The number of aryl methyl sites for hydroxylation is 1.